The van der Waals surface area contributed by atoms with Gasteiger partial charge in [0.2, 0.25) is 0 Å². The summed E-state index contributed by atoms with van der Waals surface area (Å²) in [4.78, 5) is 5.14. The van der Waals surface area contributed by atoms with Gasteiger partial charge in [0, 0.05) is 12.5 Å². The number of benzene rings is 1. The average Bonchev–Trinajstić information content (AvgIpc) is 3.31. The Morgan fingerprint density at radius 3 is 2.74 bits per heavy atom. The van der Waals surface area contributed by atoms with E-state index in [0.29, 0.717) is 17.6 Å². The first-order valence-electron chi connectivity index (χ1n) is 7.26. The van der Waals surface area contributed by atoms with E-state index in [-0.39, 0.29) is 6.10 Å². The van der Waals surface area contributed by atoms with Crippen LogP contribution in [0.4, 0.5) is 0 Å². The summed E-state index contributed by atoms with van der Waals surface area (Å²) in [6.07, 6.45) is 4.33. The van der Waals surface area contributed by atoms with Crippen molar-refractivity contribution in [3.63, 3.8) is 0 Å². The predicted molar refractivity (Wildman–Crippen MR) is 84.0 cm³/mol. The molecular formula is C16H14N2O4S. The highest BCUT2D eigenvalue weighted by Crippen LogP contribution is 2.32. The molecule has 1 atom stereocenters. The van der Waals surface area contributed by atoms with E-state index in [4.69, 9.17) is 18.7 Å². The van der Waals surface area contributed by atoms with Crippen LogP contribution in [0.5, 0.6) is 16.7 Å². The zero-order chi connectivity index (χ0) is 15.5. The predicted octanol–water partition coefficient (Wildman–Crippen LogP) is 3.76. The minimum Gasteiger partial charge on any atom is -0.488 e. The van der Waals surface area contributed by atoms with Crippen LogP contribution in [-0.4, -0.2) is 29.5 Å². The van der Waals surface area contributed by atoms with E-state index in [9.17, 15) is 0 Å². The topological polar surface area (TPSA) is 66.6 Å². The Hall–Kier alpha value is -2.38. The van der Waals surface area contributed by atoms with E-state index in [1.165, 1.54) is 17.6 Å². The van der Waals surface area contributed by atoms with Crippen LogP contribution in [0.3, 0.4) is 0 Å². The maximum absolute atomic E-state index is 5.82. The molecule has 3 aromatic rings. The number of hydrogen-bond acceptors (Lipinski definition) is 7. The van der Waals surface area contributed by atoms with Crippen molar-refractivity contribution in [2.24, 2.45) is 0 Å². The van der Waals surface area contributed by atoms with Gasteiger partial charge in [-0.25, -0.2) is 4.98 Å². The number of thiazole rings is 1. The first kappa shape index (κ1) is 14.2. The highest BCUT2D eigenvalue weighted by molar-refractivity contribution is 7.16. The van der Waals surface area contributed by atoms with Gasteiger partial charge < -0.3 is 18.7 Å². The quantitative estimate of drug-likeness (QED) is 0.709. The van der Waals surface area contributed by atoms with Gasteiger partial charge in [0.25, 0.3) is 5.19 Å². The molecule has 2 aromatic heterocycles. The van der Waals surface area contributed by atoms with Gasteiger partial charge in [-0.1, -0.05) is 16.5 Å². The molecule has 0 saturated carbocycles. The molecule has 1 aromatic carbocycles. The van der Waals surface area contributed by atoms with Crippen LogP contribution in [0.25, 0.3) is 10.6 Å². The lowest BCUT2D eigenvalue weighted by molar-refractivity contribution is 0.141. The van der Waals surface area contributed by atoms with Gasteiger partial charge in [0.15, 0.2) is 0 Å². The van der Waals surface area contributed by atoms with Crippen LogP contribution in [0.2, 0.25) is 0 Å². The van der Waals surface area contributed by atoms with E-state index < -0.39 is 0 Å². The van der Waals surface area contributed by atoms with Crippen molar-refractivity contribution in [1.29, 1.82) is 0 Å². The molecule has 3 heterocycles. The highest BCUT2D eigenvalue weighted by atomic mass is 32.1. The van der Waals surface area contributed by atoms with Crippen LogP contribution in [0.15, 0.2) is 47.3 Å². The van der Waals surface area contributed by atoms with E-state index >= 15 is 0 Å². The smallest absolute Gasteiger partial charge is 0.279 e. The fourth-order valence-electron chi connectivity index (χ4n) is 2.25. The van der Waals surface area contributed by atoms with Crippen LogP contribution >= 0.6 is 11.3 Å². The second-order valence-corrected chi connectivity index (χ2v) is 6.05. The molecule has 0 spiro atoms. The number of rotatable bonds is 5. The van der Waals surface area contributed by atoms with Crippen LogP contribution < -0.4 is 9.47 Å². The monoisotopic (exact) mass is 330 g/mol. The Balaban J connectivity index is 1.40. The fraction of sp³-hybridized carbons (Fsp3) is 0.250. The third-order valence-corrected chi connectivity index (χ3v) is 4.29. The minimum absolute atomic E-state index is 0.144. The molecule has 4 rings (SSSR count). The number of hydrogen-bond donors (Lipinski definition) is 0. The van der Waals surface area contributed by atoms with Crippen LogP contribution in [-0.2, 0) is 4.74 Å². The zero-order valence-electron chi connectivity index (χ0n) is 12.2. The molecule has 1 unspecified atom stereocenters. The summed E-state index contributed by atoms with van der Waals surface area (Å²) in [5, 5.41) is 4.44. The summed E-state index contributed by atoms with van der Waals surface area (Å²) in [6, 6.07) is 9.29. The lowest BCUT2D eigenvalue weighted by Gasteiger charge is -2.11. The molecular weight excluding hydrogens is 316 g/mol. The third-order valence-electron chi connectivity index (χ3n) is 3.39. The van der Waals surface area contributed by atoms with Crippen molar-refractivity contribution in [3.8, 4) is 27.3 Å². The van der Waals surface area contributed by atoms with Crippen molar-refractivity contribution in [1.82, 2.24) is 10.1 Å². The van der Waals surface area contributed by atoms with Crippen molar-refractivity contribution in [3.05, 3.63) is 42.8 Å². The van der Waals surface area contributed by atoms with Gasteiger partial charge in [-0.3, -0.25) is 0 Å². The molecule has 1 aliphatic heterocycles. The molecule has 23 heavy (non-hydrogen) atoms. The molecule has 1 fully saturated rings. The van der Waals surface area contributed by atoms with Gasteiger partial charge in [0.1, 0.15) is 29.6 Å². The fourth-order valence-corrected chi connectivity index (χ4v) is 3.00. The largest absolute Gasteiger partial charge is 0.488 e. The van der Waals surface area contributed by atoms with Crippen LogP contribution in [0.1, 0.15) is 6.42 Å². The number of nitrogens with zero attached hydrogens (tertiary/aromatic N) is 2. The first-order valence-corrected chi connectivity index (χ1v) is 8.07. The average molecular weight is 330 g/mol. The summed E-state index contributed by atoms with van der Waals surface area (Å²) in [6.45, 7) is 1.42. The van der Waals surface area contributed by atoms with Gasteiger partial charge in [-0.15, -0.1) is 0 Å². The third kappa shape index (κ3) is 3.35. The lowest BCUT2D eigenvalue weighted by atomic mass is 10.3. The maximum atomic E-state index is 5.82. The standard InChI is InChI=1S/C16H14N2O4S/c1-3-12(4-2-11(1)21-13-5-7-19-10-13)22-16-17-9-15(23-16)14-6-8-20-18-14/h1-4,6,8-9,13H,5,7,10H2. The van der Waals surface area contributed by atoms with Gasteiger partial charge in [-0.05, 0) is 24.3 Å². The number of ether oxygens (including phenoxy) is 3. The zero-order valence-corrected chi connectivity index (χ0v) is 13.0. The minimum atomic E-state index is 0.144. The summed E-state index contributed by atoms with van der Waals surface area (Å²) < 4.78 is 21.7. The molecule has 0 radical (unpaired) electrons. The summed E-state index contributed by atoms with van der Waals surface area (Å²) >= 11 is 1.41. The second kappa shape index (κ2) is 6.39. The van der Waals surface area contributed by atoms with E-state index in [2.05, 4.69) is 10.1 Å². The molecule has 0 N–H and O–H groups in total. The second-order valence-electron chi connectivity index (χ2n) is 5.05. The van der Waals surface area contributed by atoms with E-state index in [1.807, 2.05) is 24.3 Å². The van der Waals surface area contributed by atoms with Crippen molar-refractivity contribution >= 4 is 11.3 Å². The lowest BCUT2D eigenvalue weighted by Crippen LogP contribution is -2.15. The molecule has 1 saturated heterocycles. The summed E-state index contributed by atoms with van der Waals surface area (Å²) in [5.74, 6) is 1.52. The number of aromatic nitrogens is 2. The molecule has 7 heteroatoms. The van der Waals surface area contributed by atoms with Crippen molar-refractivity contribution in [2.75, 3.05) is 13.2 Å². The maximum Gasteiger partial charge on any atom is 0.279 e. The molecule has 0 amide bonds. The van der Waals surface area contributed by atoms with Gasteiger partial charge in [-0.2, -0.15) is 0 Å². The van der Waals surface area contributed by atoms with E-state index in [1.54, 1.807) is 12.3 Å². The Kier molecular flexibility index (Phi) is 3.95. The summed E-state index contributed by atoms with van der Waals surface area (Å²) in [5.41, 5.74) is 0.750. The summed E-state index contributed by atoms with van der Waals surface area (Å²) in [7, 11) is 0. The first-order chi connectivity index (χ1) is 11.4. The Morgan fingerprint density at radius 2 is 2.00 bits per heavy atom. The molecule has 0 aliphatic carbocycles. The Bertz CT molecular complexity index is 749. The molecule has 1 aliphatic rings. The van der Waals surface area contributed by atoms with Gasteiger partial charge in [0.05, 0.1) is 24.3 Å². The Morgan fingerprint density at radius 1 is 1.13 bits per heavy atom. The normalized spacial score (nSPS) is 17.3. The molecule has 6 nitrogen and oxygen atoms in total. The van der Waals surface area contributed by atoms with Crippen molar-refractivity contribution in [2.45, 2.75) is 12.5 Å². The highest BCUT2D eigenvalue weighted by Gasteiger charge is 2.17. The van der Waals surface area contributed by atoms with E-state index in [0.717, 1.165) is 29.3 Å². The molecule has 0 bridgehead atoms. The van der Waals surface area contributed by atoms with Gasteiger partial charge >= 0.3 is 0 Å². The molecule has 118 valence electrons. The Labute approximate surface area is 136 Å². The van der Waals surface area contributed by atoms with Crippen LogP contribution in [0, 0.1) is 0 Å². The van der Waals surface area contributed by atoms with Crippen molar-refractivity contribution < 1.29 is 18.7 Å². The SMILES string of the molecule is c1cc(-c2cnc(Oc3ccc(OC4CCOC4)cc3)s2)no1.